The monoisotopic (exact) mass is 505 g/mol. The summed E-state index contributed by atoms with van der Waals surface area (Å²) >= 11 is 0. The Bertz CT molecular complexity index is 1350. The third-order valence-electron chi connectivity index (χ3n) is 7.54. The average Bonchev–Trinajstić information content (AvgIpc) is 3.53. The van der Waals surface area contributed by atoms with Gasteiger partial charge in [-0.3, -0.25) is 9.78 Å². The molecule has 37 heavy (non-hydrogen) atoms. The zero-order valence-electron chi connectivity index (χ0n) is 21.3. The molecule has 1 saturated heterocycles. The zero-order chi connectivity index (χ0) is 26.3. The minimum Gasteiger partial charge on any atom is -0.387 e. The van der Waals surface area contributed by atoms with Crippen LogP contribution in [-0.2, 0) is 0 Å². The molecule has 194 valence electrons. The molecular formula is C27H32FN7O2. The van der Waals surface area contributed by atoms with Gasteiger partial charge in [0, 0.05) is 25.3 Å². The predicted octanol–water partition coefficient (Wildman–Crippen LogP) is 2.86. The molecule has 4 heterocycles. The van der Waals surface area contributed by atoms with E-state index in [-0.39, 0.29) is 12.6 Å². The highest BCUT2D eigenvalue weighted by molar-refractivity contribution is 6.00. The van der Waals surface area contributed by atoms with Crippen LogP contribution in [0.25, 0.3) is 16.9 Å². The van der Waals surface area contributed by atoms with Crippen molar-refractivity contribution < 1.29 is 14.3 Å². The SMILES string of the molecule is CN1C[C@H]2CC(Nc3cc(-c4ccc5cc(C#N)cnn45)ncc3C(=O)NCC(F)C(C)(C)O)C[C@H]2C1. The van der Waals surface area contributed by atoms with Crippen molar-refractivity contribution in [1.29, 1.82) is 5.26 Å². The fourth-order valence-corrected chi connectivity index (χ4v) is 5.55. The lowest BCUT2D eigenvalue weighted by Gasteiger charge is -2.23. The van der Waals surface area contributed by atoms with Gasteiger partial charge in [-0.2, -0.15) is 10.4 Å². The number of alkyl halides is 1. The number of nitrogens with one attached hydrogen (secondary N) is 2. The molecule has 0 bridgehead atoms. The molecule has 1 saturated carbocycles. The maximum absolute atomic E-state index is 14.3. The summed E-state index contributed by atoms with van der Waals surface area (Å²) in [5.41, 5.74) is 1.97. The Morgan fingerprint density at radius 3 is 2.68 bits per heavy atom. The maximum atomic E-state index is 14.3. The zero-order valence-corrected chi connectivity index (χ0v) is 21.3. The number of carbonyl (C=O) groups is 1. The number of hydrogen-bond donors (Lipinski definition) is 3. The molecule has 2 aliphatic rings. The molecule has 5 rings (SSSR count). The molecule has 1 amide bonds. The molecule has 2 fully saturated rings. The van der Waals surface area contributed by atoms with Crippen LogP contribution in [0.15, 0.2) is 36.7 Å². The largest absolute Gasteiger partial charge is 0.387 e. The number of aliphatic hydroxyl groups is 1. The molecule has 9 nitrogen and oxygen atoms in total. The van der Waals surface area contributed by atoms with Crippen molar-refractivity contribution in [2.24, 2.45) is 11.8 Å². The van der Waals surface area contributed by atoms with Gasteiger partial charge in [-0.25, -0.2) is 8.91 Å². The number of halogens is 1. The molecular weight excluding hydrogens is 473 g/mol. The van der Waals surface area contributed by atoms with Crippen molar-refractivity contribution in [3.8, 4) is 17.5 Å². The van der Waals surface area contributed by atoms with E-state index in [1.807, 2.05) is 18.2 Å². The van der Waals surface area contributed by atoms with E-state index in [0.29, 0.717) is 34.3 Å². The maximum Gasteiger partial charge on any atom is 0.255 e. The summed E-state index contributed by atoms with van der Waals surface area (Å²) in [5, 5.41) is 29.6. The van der Waals surface area contributed by atoms with Gasteiger partial charge in [0.15, 0.2) is 0 Å². The second-order valence-corrected chi connectivity index (χ2v) is 10.9. The number of aromatic nitrogens is 3. The molecule has 3 aromatic rings. The topological polar surface area (TPSA) is 119 Å². The fraction of sp³-hybridized carbons (Fsp3) is 0.481. The minimum atomic E-state index is -1.61. The molecule has 2 unspecified atom stereocenters. The highest BCUT2D eigenvalue weighted by Crippen LogP contribution is 2.39. The van der Waals surface area contributed by atoms with Crippen LogP contribution in [0.5, 0.6) is 0 Å². The molecule has 3 N–H and O–H groups in total. The average molecular weight is 506 g/mol. The standard InChI is InChI=1S/C27H32FN7O2/c1-27(2,37)25(28)13-31-26(36)21-12-30-23(24-5-4-20-6-16(10-29)11-32-35(20)24)9-22(21)33-19-7-17-14-34(3)15-18(17)8-19/h4-6,9,11-12,17-19,25,37H,7-8,13-15H2,1-3H3,(H,30,33)(H,31,36)/t17-,18+,19?,25?. The summed E-state index contributed by atoms with van der Waals surface area (Å²) in [6.45, 7) is 4.60. The second kappa shape index (κ2) is 9.72. The highest BCUT2D eigenvalue weighted by Gasteiger charge is 2.40. The van der Waals surface area contributed by atoms with Crippen LogP contribution in [0.3, 0.4) is 0 Å². The van der Waals surface area contributed by atoms with Crippen LogP contribution in [0.1, 0.15) is 42.6 Å². The summed E-state index contributed by atoms with van der Waals surface area (Å²) in [5.74, 6) is 0.810. The van der Waals surface area contributed by atoms with Gasteiger partial charge in [0.2, 0.25) is 0 Å². The molecule has 1 aliphatic heterocycles. The summed E-state index contributed by atoms with van der Waals surface area (Å²) in [6, 6.07) is 9.64. The van der Waals surface area contributed by atoms with Gasteiger partial charge >= 0.3 is 0 Å². The molecule has 4 atom stereocenters. The van der Waals surface area contributed by atoms with E-state index in [1.165, 1.54) is 26.2 Å². The summed E-state index contributed by atoms with van der Waals surface area (Å²) in [7, 11) is 2.15. The minimum absolute atomic E-state index is 0.219. The number of nitriles is 1. The van der Waals surface area contributed by atoms with E-state index in [1.54, 1.807) is 10.6 Å². The molecule has 0 radical (unpaired) electrons. The Hall–Kier alpha value is -3.55. The van der Waals surface area contributed by atoms with Crippen LogP contribution in [0.2, 0.25) is 0 Å². The lowest BCUT2D eigenvalue weighted by Crippen LogP contribution is -2.42. The van der Waals surface area contributed by atoms with Crippen molar-refractivity contribution >= 4 is 17.1 Å². The number of hydrogen-bond acceptors (Lipinski definition) is 7. The van der Waals surface area contributed by atoms with Gasteiger partial charge in [-0.15, -0.1) is 0 Å². The number of fused-ring (bicyclic) bond motifs is 2. The van der Waals surface area contributed by atoms with Gasteiger partial charge < -0.3 is 20.6 Å². The number of amides is 1. The van der Waals surface area contributed by atoms with Gasteiger partial charge in [0.25, 0.3) is 5.91 Å². The fourth-order valence-electron chi connectivity index (χ4n) is 5.55. The van der Waals surface area contributed by atoms with E-state index in [4.69, 9.17) is 0 Å². The van der Waals surface area contributed by atoms with Crippen molar-refractivity contribution in [3.05, 3.63) is 47.8 Å². The van der Waals surface area contributed by atoms with Crippen molar-refractivity contribution in [3.63, 3.8) is 0 Å². The molecule has 10 heteroatoms. The number of anilines is 1. The predicted molar refractivity (Wildman–Crippen MR) is 138 cm³/mol. The quantitative estimate of drug-likeness (QED) is 0.452. The second-order valence-electron chi connectivity index (χ2n) is 10.9. The van der Waals surface area contributed by atoms with Crippen LogP contribution in [0, 0.1) is 23.2 Å². The first-order valence-corrected chi connectivity index (χ1v) is 12.6. The van der Waals surface area contributed by atoms with Crippen molar-refractivity contribution in [1.82, 2.24) is 24.8 Å². The van der Waals surface area contributed by atoms with E-state index < -0.39 is 17.7 Å². The van der Waals surface area contributed by atoms with Crippen molar-refractivity contribution in [2.75, 3.05) is 32.0 Å². The smallest absolute Gasteiger partial charge is 0.255 e. The molecule has 3 aromatic heterocycles. The number of nitrogens with zero attached hydrogens (tertiary/aromatic N) is 5. The molecule has 0 spiro atoms. The van der Waals surface area contributed by atoms with E-state index in [9.17, 15) is 19.6 Å². The number of carbonyl (C=O) groups excluding carboxylic acids is 1. The number of likely N-dealkylation sites (tertiary alicyclic amines) is 1. The third-order valence-corrected chi connectivity index (χ3v) is 7.54. The molecule has 1 aliphatic carbocycles. The normalized spacial score (nSPS) is 22.5. The van der Waals surface area contributed by atoms with Crippen LogP contribution < -0.4 is 10.6 Å². The molecule has 0 aromatic carbocycles. The first-order chi connectivity index (χ1) is 17.6. The Morgan fingerprint density at radius 2 is 2.00 bits per heavy atom. The van der Waals surface area contributed by atoms with Gasteiger partial charge in [-0.1, -0.05) is 0 Å². The van der Waals surface area contributed by atoms with Crippen LogP contribution in [-0.4, -0.2) is 75.0 Å². The third kappa shape index (κ3) is 5.15. The first kappa shape index (κ1) is 25.1. The lowest BCUT2D eigenvalue weighted by molar-refractivity contribution is -0.00177. The first-order valence-electron chi connectivity index (χ1n) is 12.6. The van der Waals surface area contributed by atoms with E-state index >= 15 is 0 Å². The summed E-state index contributed by atoms with van der Waals surface area (Å²) < 4.78 is 16.0. The van der Waals surface area contributed by atoms with Gasteiger partial charge in [0.1, 0.15) is 12.2 Å². The Labute approximate surface area is 215 Å². The van der Waals surface area contributed by atoms with Gasteiger partial charge in [0.05, 0.1) is 52.1 Å². The van der Waals surface area contributed by atoms with Gasteiger partial charge in [-0.05, 0) is 69.8 Å². The van der Waals surface area contributed by atoms with E-state index in [0.717, 1.165) is 37.1 Å². The number of pyridine rings is 1. The van der Waals surface area contributed by atoms with E-state index in [2.05, 4.69) is 38.7 Å². The lowest BCUT2D eigenvalue weighted by atomic mass is 10.0. The Morgan fingerprint density at radius 1 is 1.27 bits per heavy atom. The summed E-state index contributed by atoms with van der Waals surface area (Å²) in [6.07, 6.45) is 3.43. The summed E-state index contributed by atoms with van der Waals surface area (Å²) in [4.78, 5) is 20.0. The Balaban J connectivity index is 1.44. The van der Waals surface area contributed by atoms with Crippen LogP contribution in [0.4, 0.5) is 10.1 Å². The number of rotatable bonds is 7. The van der Waals surface area contributed by atoms with Crippen molar-refractivity contribution in [2.45, 2.75) is 44.5 Å². The van der Waals surface area contributed by atoms with Crippen LogP contribution >= 0.6 is 0 Å². The Kier molecular flexibility index (Phi) is 6.60. The highest BCUT2D eigenvalue weighted by atomic mass is 19.1.